The molecule has 2 aromatic rings. The number of halogens is 1. The molecule has 21 heavy (non-hydrogen) atoms. The fourth-order valence-corrected chi connectivity index (χ4v) is 3.16. The van der Waals surface area contributed by atoms with E-state index in [2.05, 4.69) is 25.8 Å². The molecule has 0 fully saturated rings. The van der Waals surface area contributed by atoms with Crippen molar-refractivity contribution in [2.24, 2.45) is 0 Å². The first-order valence-electron chi connectivity index (χ1n) is 6.81. The van der Waals surface area contributed by atoms with Crippen molar-refractivity contribution in [2.45, 2.75) is 18.9 Å². The van der Waals surface area contributed by atoms with Gasteiger partial charge in [0.1, 0.15) is 0 Å². The highest BCUT2D eigenvalue weighted by Crippen LogP contribution is 2.37. The Morgan fingerprint density at radius 2 is 2.10 bits per heavy atom. The molecule has 1 aromatic carbocycles. The van der Waals surface area contributed by atoms with Crippen LogP contribution in [0.2, 0.25) is 0 Å². The number of aliphatic carboxylic acids is 1. The van der Waals surface area contributed by atoms with E-state index in [1.165, 1.54) is 5.56 Å². The number of anilines is 1. The summed E-state index contributed by atoms with van der Waals surface area (Å²) in [6, 6.07) is 9.86. The smallest absolute Gasteiger partial charge is 0.311 e. The van der Waals surface area contributed by atoms with Gasteiger partial charge in [-0.1, -0.05) is 15.9 Å². The summed E-state index contributed by atoms with van der Waals surface area (Å²) in [6.07, 6.45) is 4.19. The highest BCUT2D eigenvalue weighted by Gasteiger charge is 2.30. The van der Waals surface area contributed by atoms with E-state index in [9.17, 15) is 9.90 Å². The number of hydrogen-bond acceptors (Lipinski definition) is 3. The molecule has 0 aliphatic carbocycles. The van der Waals surface area contributed by atoms with Crippen molar-refractivity contribution in [3.05, 3.63) is 58.3 Å². The molecule has 1 aromatic heterocycles. The zero-order chi connectivity index (χ0) is 14.8. The van der Waals surface area contributed by atoms with Gasteiger partial charge in [-0.05, 0) is 47.9 Å². The SMILES string of the molecule is O=C(O)C1CCN(Cc2ccncc2)c2ccc(Br)cc21. The largest absolute Gasteiger partial charge is 0.481 e. The first-order chi connectivity index (χ1) is 10.1. The second kappa shape index (κ2) is 5.85. The molecule has 4 nitrogen and oxygen atoms in total. The molecule has 2 heterocycles. The number of fused-ring (bicyclic) bond motifs is 1. The van der Waals surface area contributed by atoms with Gasteiger partial charge in [0.2, 0.25) is 0 Å². The van der Waals surface area contributed by atoms with Crippen molar-refractivity contribution in [2.75, 3.05) is 11.4 Å². The Labute approximate surface area is 131 Å². The van der Waals surface area contributed by atoms with E-state index < -0.39 is 11.9 Å². The van der Waals surface area contributed by atoms with Crippen molar-refractivity contribution in [3.8, 4) is 0 Å². The molecule has 1 aliphatic heterocycles. The molecular formula is C16H15BrN2O2. The van der Waals surface area contributed by atoms with Crippen LogP contribution in [-0.2, 0) is 11.3 Å². The molecule has 0 saturated heterocycles. The van der Waals surface area contributed by atoms with Gasteiger partial charge in [0, 0.05) is 35.6 Å². The number of carboxylic acid groups (broad SMARTS) is 1. The van der Waals surface area contributed by atoms with E-state index in [0.29, 0.717) is 6.42 Å². The van der Waals surface area contributed by atoms with Crippen LogP contribution in [-0.4, -0.2) is 22.6 Å². The summed E-state index contributed by atoms with van der Waals surface area (Å²) in [5.41, 5.74) is 3.07. The first-order valence-corrected chi connectivity index (χ1v) is 7.60. The van der Waals surface area contributed by atoms with Gasteiger partial charge in [-0.2, -0.15) is 0 Å². The Kier molecular flexibility index (Phi) is 3.92. The van der Waals surface area contributed by atoms with Crippen LogP contribution in [0.25, 0.3) is 0 Å². The Morgan fingerprint density at radius 3 is 2.81 bits per heavy atom. The van der Waals surface area contributed by atoms with E-state index in [-0.39, 0.29) is 0 Å². The van der Waals surface area contributed by atoms with E-state index in [1.54, 1.807) is 12.4 Å². The quantitative estimate of drug-likeness (QED) is 0.924. The second-order valence-electron chi connectivity index (χ2n) is 5.16. The summed E-state index contributed by atoms with van der Waals surface area (Å²) < 4.78 is 0.915. The lowest BCUT2D eigenvalue weighted by atomic mass is 9.90. The molecule has 3 rings (SSSR count). The number of benzene rings is 1. The maximum absolute atomic E-state index is 11.5. The average molecular weight is 347 g/mol. The van der Waals surface area contributed by atoms with E-state index in [1.807, 2.05) is 30.3 Å². The van der Waals surface area contributed by atoms with Gasteiger partial charge < -0.3 is 10.0 Å². The van der Waals surface area contributed by atoms with Crippen LogP contribution < -0.4 is 4.90 Å². The fourth-order valence-electron chi connectivity index (χ4n) is 2.78. The molecule has 5 heteroatoms. The Balaban J connectivity index is 1.95. The van der Waals surface area contributed by atoms with Crippen molar-refractivity contribution in [1.82, 2.24) is 4.98 Å². The van der Waals surface area contributed by atoms with Gasteiger partial charge in [-0.15, -0.1) is 0 Å². The topological polar surface area (TPSA) is 53.4 Å². The summed E-state index contributed by atoms with van der Waals surface area (Å²) in [5, 5.41) is 9.41. The van der Waals surface area contributed by atoms with Gasteiger partial charge in [0.05, 0.1) is 5.92 Å². The van der Waals surface area contributed by atoms with Crippen molar-refractivity contribution < 1.29 is 9.90 Å². The fraction of sp³-hybridized carbons (Fsp3) is 0.250. The summed E-state index contributed by atoms with van der Waals surface area (Å²) in [7, 11) is 0. The summed E-state index contributed by atoms with van der Waals surface area (Å²) in [4.78, 5) is 17.7. The summed E-state index contributed by atoms with van der Waals surface area (Å²) in [6.45, 7) is 1.51. The monoisotopic (exact) mass is 346 g/mol. The maximum Gasteiger partial charge on any atom is 0.311 e. The summed E-state index contributed by atoms with van der Waals surface area (Å²) in [5.74, 6) is -1.18. The molecule has 0 radical (unpaired) electrons. The molecule has 1 N–H and O–H groups in total. The van der Waals surface area contributed by atoms with Crippen LogP contribution in [0.1, 0.15) is 23.5 Å². The molecule has 0 saturated carbocycles. The lowest BCUT2D eigenvalue weighted by molar-refractivity contribution is -0.139. The molecule has 0 bridgehead atoms. The molecule has 1 unspecified atom stereocenters. The number of aromatic nitrogens is 1. The third-order valence-electron chi connectivity index (χ3n) is 3.81. The van der Waals surface area contributed by atoms with E-state index >= 15 is 0 Å². The number of nitrogens with zero attached hydrogens (tertiary/aromatic N) is 2. The molecule has 108 valence electrons. The van der Waals surface area contributed by atoms with Gasteiger partial charge in [-0.25, -0.2) is 0 Å². The number of hydrogen-bond donors (Lipinski definition) is 1. The zero-order valence-electron chi connectivity index (χ0n) is 11.4. The molecule has 1 atom stereocenters. The van der Waals surface area contributed by atoms with Gasteiger partial charge in [-0.3, -0.25) is 9.78 Å². The van der Waals surface area contributed by atoms with Crippen LogP contribution in [0.5, 0.6) is 0 Å². The minimum atomic E-state index is -0.752. The van der Waals surface area contributed by atoms with Crippen LogP contribution >= 0.6 is 15.9 Å². The minimum absolute atomic E-state index is 0.425. The highest BCUT2D eigenvalue weighted by molar-refractivity contribution is 9.10. The Morgan fingerprint density at radius 1 is 1.33 bits per heavy atom. The third kappa shape index (κ3) is 2.93. The number of rotatable bonds is 3. The van der Waals surface area contributed by atoms with Crippen LogP contribution in [0, 0.1) is 0 Å². The lowest BCUT2D eigenvalue weighted by Gasteiger charge is -2.34. The van der Waals surface area contributed by atoms with E-state index in [0.717, 1.165) is 28.8 Å². The third-order valence-corrected chi connectivity index (χ3v) is 4.31. The van der Waals surface area contributed by atoms with Crippen molar-refractivity contribution in [3.63, 3.8) is 0 Å². The lowest BCUT2D eigenvalue weighted by Crippen LogP contribution is -2.33. The zero-order valence-corrected chi connectivity index (χ0v) is 13.0. The predicted octanol–water partition coefficient (Wildman–Crippen LogP) is 3.42. The predicted molar refractivity (Wildman–Crippen MR) is 84.4 cm³/mol. The maximum atomic E-state index is 11.5. The van der Waals surface area contributed by atoms with Crippen molar-refractivity contribution >= 4 is 27.6 Å². The average Bonchev–Trinajstić information content (AvgIpc) is 2.48. The Bertz CT molecular complexity index is 661. The number of carboxylic acids is 1. The number of carbonyl (C=O) groups is 1. The van der Waals surface area contributed by atoms with Crippen LogP contribution in [0.4, 0.5) is 5.69 Å². The van der Waals surface area contributed by atoms with E-state index in [4.69, 9.17) is 0 Å². The second-order valence-corrected chi connectivity index (χ2v) is 6.08. The Hall–Kier alpha value is -1.88. The molecule has 1 aliphatic rings. The van der Waals surface area contributed by atoms with Gasteiger partial charge >= 0.3 is 5.97 Å². The van der Waals surface area contributed by atoms with Gasteiger partial charge in [0.15, 0.2) is 0 Å². The van der Waals surface area contributed by atoms with Gasteiger partial charge in [0.25, 0.3) is 0 Å². The minimum Gasteiger partial charge on any atom is -0.481 e. The first kappa shape index (κ1) is 14.1. The number of pyridine rings is 1. The normalized spacial score (nSPS) is 17.4. The molecule has 0 amide bonds. The highest BCUT2D eigenvalue weighted by atomic mass is 79.9. The van der Waals surface area contributed by atoms with Crippen molar-refractivity contribution in [1.29, 1.82) is 0 Å². The van der Waals surface area contributed by atoms with Crippen LogP contribution in [0.15, 0.2) is 47.2 Å². The standard InChI is InChI=1S/C16H15BrN2O2/c17-12-1-2-15-14(9-12)13(16(20)21)5-8-19(15)10-11-3-6-18-7-4-11/h1-4,6-7,9,13H,5,8,10H2,(H,20,21). The molecular weight excluding hydrogens is 332 g/mol. The van der Waals surface area contributed by atoms with Crippen LogP contribution in [0.3, 0.4) is 0 Å². The molecule has 0 spiro atoms. The summed E-state index contributed by atoms with van der Waals surface area (Å²) >= 11 is 3.43.